The maximum absolute atomic E-state index is 12.2. The molecular weight excluding hydrogens is 192 g/mol. The summed E-state index contributed by atoms with van der Waals surface area (Å²) in [6.45, 7) is 3.77. The van der Waals surface area contributed by atoms with Crippen molar-refractivity contribution in [1.29, 1.82) is 0 Å². The van der Waals surface area contributed by atoms with E-state index in [1.54, 1.807) is 0 Å². The average molecular weight is 204 g/mol. The molecule has 0 heterocycles. The third-order valence-corrected chi connectivity index (χ3v) is 2.50. The van der Waals surface area contributed by atoms with Gasteiger partial charge in [-0.2, -0.15) is 24.9 Å². The van der Waals surface area contributed by atoms with Gasteiger partial charge in [-0.15, -0.1) is 0 Å². The zero-order chi connectivity index (χ0) is 9.78. The Hall–Kier alpha value is 0.0700. The fraction of sp³-hybridized carbons (Fsp3) is 1.00. The lowest BCUT2D eigenvalue weighted by molar-refractivity contribution is -0.173. The van der Waals surface area contributed by atoms with E-state index in [9.17, 15) is 17.6 Å². The quantitative estimate of drug-likeness (QED) is 0.633. The number of alkyl halides is 4. The molecule has 0 radical (unpaired) electrons. The lowest BCUT2D eigenvalue weighted by atomic mass is 10.3. The van der Waals surface area contributed by atoms with Crippen LogP contribution in [0.15, 0.2) is 0 Å². The van der Waals surface area contributed by atoms with Crippen molar-refractivity contribution < 1.29 is 17.6 Å². The van der Waals surface area contributed by atoms with Crippen LogP contribution in [-0.4, -0.2) is 23.9 Å². The first-order valence-electron chi connectivity index (χ1n) is 3.62. The Balaban J connectivity index is 3.51. The van der Waals surface area contributed by atoms with Gasteiger partial charge >= 0.3 is 6.18 Å². The molecule has 0 amide bonds. The first-order valence-corrected chi connectivity index (χ1v) is 4.78. The van der Waals surface area contributed by atoms with Crippen molar-refractivity contribution in [1.82, 2.24) is 0 Å². The number of hydrogen-bond donors (Lipinski definition) is 0. The normalized spacial score (nSPS) is 15.2. The van der Waals surface area contributed by atoms with Crippen LogP contribution in [0.25, 0.3) is 0 Å². The Morgan fingerprint density at radius 1 is 1.17 bits per heavy atom. The third kappa shape index (κ3) is 5.69. The van der Waals surface area contributed by atoms with Crippen LogP contribution >= 0.6 is 11.8 Å². The monoisotopic (exact) mass is 204 g/mol. The highest BCUT2D eigenvalue weighted by atomic mass is 32.2. The van der Waals surface area contributed by atoms with Crippen LogP contribution in [0.5, 0.6) is 0 Å². The lowest BCUT2D eigenvalue weighted by Gasteiger charge is -2.12. The van der Waals surface area contributed by atoms with Gasteiger partial charge in [-0.3, -0.25) is 0 Å². The van der Waals surface area contributed by atoms with E-state index < -0.39 is 18.1 Å². The molecule has 74 valence electrons. The zero-order valence-electron chi connectivity index (χ0n) is 6.99. The highest BCUT2D eigenvalue weighted by Crippen LogP contribution is 2.26. The smallest absolute Gasteiger partial charge is 0.237 e. The van der Waals surface area contributed by atoms with Gasteiger partial charge in [0, 0.05) is 5.75 Å². The minimum atomic E-state index is -4.69. The summed E-state index contributed by atoms with van der Waals surface area (Å²) in [5, 5.41) is 0. The molecule has 0 N–H and O–H groups in total. The molecule has 0 saturated carbocycles. The van der Waals surface area contributed by atoms with Crippen LogP contribution in [0.2, 0.25) is 0 Å². The van der Waals surface area contributed by atoms with Gasteiger partial charge in [-0.25, -0.2) is 4.39 Å². The summed E-state index contributed by atoms with van der Waals surface area (Å²) in [6.07, 6.45) is -7.37. The SMILES string of the molecule is CC(C)CSC[C@H](F)C(F)(F)F. The molecule has 0 aromatic rings. The van der Waals surface area contributed by atoms with Crippen LogP contribution in [0.1, 0.15) is 13.8 Å². The van der Waals surface area contributed by atoms with Crippen molar-refractivity contribution in [3.8, 4) is 0 Å². The van der Waals surface area contributed by atoms with E-state index in [4.69, 9.17) is 0 Å². The van der Waals surface area contributed by atoms with Crippen LogP contribution in [-0.2, 0) is 0 Å². The highest BCUT2D eigenvalue weighted by Gasteiger charge is 2.39. The van der Waals surface area contributed by atoms with Gasteiger partial charge in [-0.05, 0) is 11.7 Å². The molecule has 0 spiro atoms. The Kier molecular flexibility index (Phi) is 4.97. The van der Waals surface area contributed by atoms with E-state index in [1.165, 1.54) is 0 Å². The summed E-state index contributed by atoms with van der Waals surface area (Å²) in [5.41, 5.74) is 0. The summed E-state index contributed by atoms with van der Waals surface area (Å²) < 4.78 is 47.0. The highest BCUT2D eigenvalue weighted by molar-refractivity contribution is 7.99. The molecule has 0 aromatic heterocycles. The van der Waals surface area contributed by atoms with Crippen LogP contribution in [0.3, 0.4) is 0 Å². The third-order valence-electron chi connectivity index (χ3n) is 1.07. The molecule has 0 rings (SSSR count). The van der Waals surface area contributed by atoms with Gasteiger partial charge < -0.3 is 0 Å². The summed E-state index contributed by atoms with van der Waals surface area (Å²) >= 11 is 1.00. The summed E-state index contributed by atoms with van der Waals surface area (Å²) in [6, 6.07) is 0. The van der Waals surface area contributed by atoms with Crippen LogP contribution in [0, 0.1) is 5.92 Å². The minimum Gasteiger partial charge on any atom is -0.237 e. The van der Waals surface area contributed by atoms with E-state index in [0.717, 1.165) is 11.8 Å². The molecule has 0 nitrogen and oxygen atoms in total. The van der Waals surface area contributed by atoms with Crippen molar-refractivity contribution in [2.45, 2.75) is 26.2 Å². The average Bonchev–Trinajstić information content (AvgIpc) is 1.84. The number of halogens is 4. The van der Waals surface area contributed by atoms with Crippen molar-refractivity contribution in [2.24, 2.45) is 5.92 Å². The van der Waals surface area contributed by atoms with E-state index in [1.807, 2.05) is 13.8 Å². The maximum Gasteiger partial charge on any atom is 0.420 e. The molecule has 0 aliphatic rings. The standard InChI is InChI=1S/C7H12F4S/c1-5(2)3-12-4-6(8)7(9,10)11/h5-6H,3-4H2,1-2H3/t6-/m0/s1. The zero-order valence-corrected chi connectivity index (χ0v) is 7.81. The Morgan fingerprint density at radius 2 is 1.67 bits per heavy atom. The first-order chi connectivity index (χ1) is 5.34. The van der Waals surface area contributed by atoms with Crippen LogP contribution in [0.4, 0.5) is 17.6 Å². The van der Waals surface area contributed by atoms with E-state index >= 15 is 0 Å². The second-order valence-corrected chi connectivity index (χ2v) is 4.02. The predicted octanol–water partition coefficient (Wildman–Crippen LogP) is 3.28. The topological polar surface area (TPSA) is 0 Å². The second-order valence-electron chi connectivity index (χ2n) is 2.94. The number of thioether (sulfide) groups is 1. The molecule has 0 aromatic carbocycles. The number of rotatable bonds is 4. The van der Waals surface area contributed by atoms with Crippen molar-refractivity contribution in [2.75, 3.05) is 11.5 Å². The first kappa shape index (κ1) is 12.1. The van der Waals surface area contributed by atoms with Crippen molar-refractivity contribution in [3.63, 3.8) is 0 Å². The van der Waals surface area contributed by atoms with E-state index in [0.29, 0.717) is 11.7 Å². The molecule has 0 bridgehead atoms. The van der Waals surface area contributed by atoms with Gasteiger partial charge in [0.05, 0.1) is 0 Å². The Bertz CT molecular complexity index is 121. The van der Waals surface area contributed by atoms with Crippen molar-refractivity contribution in [3.05, 3.63) is 0 Å². The maximum atomic E-state index is 12.2. The van der Waals surface area contributed by atoms with E-state index in [-0.39, 0.29) is 0 Å². The fourth-order valence-corrected chi connectivity index (χ4v) is 1.51. The Labute approximate surface area is 73.7 Å². The van der Waals surface area contributed by atoms with Crippen molar-refractivity contribution >= 4 is 11.8 Å². The van der Waals surface area contributed by atoms with Crippen LogP contribution < -0.4 is 0 Å². The van der Waals surface area contributed by atoms with E-state index in [2.05, 4.69) is 0 Å². The molecule has 0 fully saturated rings. The molecule has 5 heteroatoms. The Morgan fingerprint density at radius 3 is 2.00 bits per heavy atom. The molecular formula is C7H12F4S. The van der Waals surface area contributed by atoms with Gasteiger partial charge in [0.2, 0.25) is 6.17 Å². The summed E-state index contributed by atoms with van der Waals surface area (Å²) in [5.74, 6) is 0.383. The predicted molar refractivity (Wildman–Crippen MR) is 43.1 cm³/mol. The number of hydrogen-bond acceptors (Lipinski definition) is 1. The molecule has 0 saturated heterocycles. The molecule has 0 aliphatic heterocycles. The lowest BCUT2D eigenvalue weighted by Crippen LogP contribution is -2.26. The van der Waals surface area contributed by atoms with Gasteiger partial charge in [0.1, 0.15) is 0 Å². The summed E-state index contributed by atoms with van der Waals surface area (Å²) in [7, 11) is 0. The largest absolute Gasteiger partial charge is 0.420 e. The fourth-order valence-electron chi connectivity index (χ4n) is 0.502. The van der Waals surface area contributed by atoms with Gasteiger partial charge in [-0.1, -0.05) is 13.8 Å². The minimum absolute atomic E-state index is 0.301. The molecule has 1 atom stereocenters. The van der Waals surface area contributed by atoms with Gasteiger partial charge in [0.25, 0.3) is 0 Å². The molecule has 0 unspecified atom stereocenters. The molecule has 0 aliphatic carbocycles. The molecule has 12 heavy (non-hydrogen) atoms. The second kappa shape index (κ2) is 4.94. The summed E-state index contributed by atoms with van der Waals surface area (Å²) in [4.78, 5) is 0. The van der Waals surface area contributed by atoms with Gasteiger partial charge in [0.15, 0.2) is 0 Å².